The minimum Gasteiger partial charge on any atom is -0.490 e. The van der Waals surface area contributed by atoms with Crippen LogP contribution in [0.2, 0.25) is 0 Å². The van der Waals surface area contributed by atoms with Crippen molar-refractivity contribution in [2.24, 2.45) is 11.6 Å². The van der Waals surface area contributed by atoms with E-state index in [1.807, 2.05) is 20.8 Å². The number of ether oxygens (including phenoxy) is 2. The fourth-order valence-corrected chi connectivity index (χ4v) is 3.58. The Kier molecular flexibility index (Phi) is 12.1. The normalized spacial score (nSPS) is 11.5. The van der Waals surface area contributed by atoms with Crippen LogP contribution in [0.15, 0.2) is 66.7 Å². The van der Waals surface area contributed by atoms with Crippen molar-refractivity contribution in [3.8, 4) is 11.5 Å². The molecule has 1 atom stereocenters. The van der Waals surface area contributed by atoms with Crippen LogP contribution < -0.4 is 31.4 Å². The van der Waals surface area contributed by atoms with Crippen molar-refractivity contribution in [2.45, 2.75) is 39.1 Å². The number of carbonyl (C=O) groups is 3. The van der Waals surface area contributed by atoms with Gasteiger partial charge < -0.3 is 30.7 Å². The lowest BCUT2D eigenvalue weighted by atomic mass is 10.0. The monoisotopic (exact) mass is 619 g/mol. The lowest BCUT2D eigenvalue weighted by molar-refractivity contribution is -0.192. The molecule has 0 aliphatic heterocycles. The lowest BCUT2D eigenvalue weighted by Crippen LogP contribution is -2.43. The van der Waals surface area contributed by atoms with Gasteiger partial charge in [-0.15, -0.1) is 0 Å². The lowest BCUT2D eigenvalue weighted by Gasteiger charge is -2.26. The molecule has 0 aliphatic rings. The van der Waals surface area contributed by atoms with Gasteiger partial charge in [-0.25, -0.2) is 20.4 Å². The second-order valence-corrected chi connectivity index (χ2v) is 9.24. The summed E-state index contributed by atoms with van der Waals surface area (Å²) in [6.45, 7) is 6.04. The van der Waals surface area contributed by atoms with Crippen LogP contribution in [0.4, 0.5) is 24.5 Å². The van der Waals surface area contributed by atoms with Crippen LogP contribution in [-0.2, 0) is 9.59 Å². The average Bonchev–Trinajstić information content (AvgIpc) is 2.96. The summed E-state index contributed by atoms with van der Waals surface area (Å²) in [5.74, 6) is 2.70. The Bertz CT molecular complexity index is 1480. The second-order valence-electron chi connectivity index (χ2n) is 9.24. The average molecular weight is 620 g/mol. The number of amides is 1. The van der Waals surface area contributed by atoms with Gasteiger partial charge in [0.05, 0.1) is 24.0 Å². The van der Waals surface area contributed by atoms with Gasteiger partial charge in [-0.2, -0.15) is 13.2 Å². The highest BCUT2D eigenvalue weighted by Crippen LogP contribution is 2.34. The molecule has 3 aromatic carbocycles. The molecule has 1 amide bonds. The van der Waals surface area contributed by atoms with Crippen molar-refractivity contribution in [1.29, 1.82) is 5.41 Å². The summed E-state index contributed by atoms with van der Waals surface area (Å²) in [4.78, 5) is 34.0. The number of aromatic carboxylic acids is 1. The van der Waals surface area contributed by atoms with Gasteiger partial charge in [-0.1, -0.05) is 12.1 Å². The molecule has 3 rings (SSSR count). The SMILES string of the molecule is CCOc1cc(C(Nc2ccc(C(=N)N)cc2)C(=O)N(N)c2cccc(C(=O)O)c2)ccc1OC(C)C.O=C(O)C(F)(F)F. The van der Waals surface area contributed by atoms with E-state index in [-0.39, 0.29) is 23.2 Å². The molecule has 0 aromatic heterocycles. The molecular weight excluding hydrogens is 587 g/mol. The molecule has 0 saturated carbocycles. The number of nitrogens with two attached hydrogens (primary N) is 2. The van der Waals surface area contributed by atoms with E-state index < -0.39 is 30.1 Å². The van der Waals surface area contributed by atoms with Crippen LogP contribution in [0.25, 0.3) is 0 Å². The third kappa shape index (κ3) is 9.90. The number of nitrogen functional groups attached to an aromatic ring is 1. The maximum atomic E-state index is 13.7. The third-order valence-electron chi connectivity index (χ3n) is 5.57. The second kappa shape index (κ2) is 15.2. The van der Waals surface area contributed by atoms with Crippen molar-refractivity contribution < 1.29 is 47.2 Å². The molecule has 1 unspecified atom stereocenters. The van der Waals surface area contributed by atoms with Gasteiger partial charge in [-0.05, 0) is 80.9 Å². The van der Waals surface area contributed by atoms with Crippen LogP contribution in [0.3, 0.4) is 0 Å². The number of hydrogen-bond acceptors (Lipinski definition) is 8. The molecule has 3 aromatic rings. The van der Waals surface area contributed by atoms with Gasteiger partial charge in [0.1, 0.15) is 11.9 Å². The van der Waals surface area contributed by atoms with Crippen LogP contribution in [0, 0.1) is 5.41 Å². The number of hydrogen-bond donors (Lipinski definition) is 6. The van der Waals surface area contributed by atoms with E-state index in [0.29, 0.717) is 34.9 Å². The number of alkyl halides is 3. The van der Waals surface area contributed by atoms with Gasteiger partial charge in [0.25, 0.3) is 5.91 Å². The molecule has 44 heavy (non-hydrogen) atoms. The predicted octanol–water partition coefficient (Wildman–Crippen LogP) is 4.55. The first-order valence-electron chi connectivity index (χ1n) is 12.9. The highest BCUT2D eigenvalue weighted by Gasteiger charge is 2.38. The Morgan fingerprint density at radius 2 is 1.59 bits per heavy atom. The smallest absolute Gasteiger partial charge is 0.490 e. The number of rotatable bonds is 11. The van der Waals surface area contributed by atoms with Crippen molar-refractivity contribution in [3.05, 3.63) is 83.4 Å². The number of anilines is 2. The Labute approximate surface area is 250 Å². The summed E-state index contributed by atoms with van der Waals surface area (Å²) in [7, 11) is 0. The Morgan fingerprint density at radius 1 is 0.977 bits per heavy atom. The molecule has 0 fully saturated rings. The van der Waals surface area contributed by atoms with Crippen molar-refractivity contribution in [1.82, 2.24) is 0 Å². The quantitative estimate of drug-likeness (QED) is 0.0581. The summed E-state index contributed by atoms with van der Waals surface area (Å²) in [5.41, 5.74) is 7.43. The predicted molar refractivity (Wildman–Crippen MR) is 156 cm³/mol. The van der Waals surface area contributed by atoms with Crippen LogP contribution in [-0.4, -0.2) is 52.8 Å². The first-order valence-corrected chi connectivity index (χ1v) is 12.9. The van der Waals surface area contributed by atoms with E-state index in [4.69, 9.17) is 36.4 Å². The number of amidine groups is 1. The molecule has 12 nitrogen and oxygen atoms in total. The van der Waals surface area contributed by atoms with Crippen molar-refractivity contribution >= 4 is 35.1 Å². The van der Waals surface area contributed by atoms with Gasteiger partial charge >= 0.3 is 18.1 Å². The first-order chi connectivity index (χ1) is 20.5. The summed E-state index contributed by atoms with van der Waals surface area (Å²) in [6, 6.07) is 16.7. The number of carboxylic acids is 2. The summed E-state index contributed by atoms with van der Waals surface area (Å²) < 4.78 is 43.4. The highest BCUT2D eigenvalue weighted by molar-refractivity contribution is 6.00. The van der Waals surface area contributed by atoms with E-state index in [9.17, 15) is 27.9 Å². The minimum absolute atomic E-state index is 0.00102. The van der Waals surface area contributed by atoms with Gasteiger partial charge in [-0.3, -0.25) is 10.2 Å². The van der Waals surface area contributed by atoms with Gasteiger partial charge in [0, 0.05) is 11.3 Å². The number of aliphatic carboxylic acids is 1. The van der Waals surface area contributed by atoms with E-state index in [1.165, 1.54) is 18.2 Å². The largest absolute Gasteiger partial charge is 0.490 e. The number of halogens is 3. The molecule has 8 N–H and O–H groups in total. The van der Waals surface area contributed by atoms with Gasteiger partial charge in [0.15, 0.2) is 11.5 Å². The maximum Gasteiger partial charge on any atom is 0.490 e. The molecular formula is C29H32F3N5O7. The Balaban J connectivity index is 0.000000860. The highest BCUT2D eigenvalue weighted by atomic mass is 19.4. The fraction of sp³-hybridized carbons (Fsp3) is 0.241. The molecule has 0 saturated heterocycles. The van der Waals surface area contributed by atoms with Crippen LogP contribution in [0.1, 0.15) is 48.3 Å². The number of carbonyl (C=O) groups excluding carboxylic acids is 1. The van der Waals surface area contributed by atoms with Crippen LogP contribution in [0.5, 0.6) is 11.5 Å². The van der Waals surface area contributed by atoms with E-state index in [2.05, 4.69) is 5.32 Å². The number of nitrogens with zero attached hydrogens (tertiary/aromatic N) is 1. The number of benzene rings is 3. The number of carboxylic acid groups (broad SMARTS) is 2. The standard InChI is InChI=1S/C27H31N5O5.C2HF3O2/c1-4-36-23-15-18(10-13-22(23)37-16(2)3)24(31-20-11-8-17(9-12-20)25(28)29)26(33)32(30)21-7-5-6-19(14-21)27(34)35;3-2(4,5)1(6)7/h5-16,24,31H,4,30H2,1-3H3,(H3,28,29)(H,34,35);(H,6,7). The van der Waals surface area contributed by atoms with Crippen molar-refractivity contribution in [3.63, 3.8) is 0 Å². The molecule has 0 radical (unpaired) electrons. The van der Waals surface area contributed by atoms with Crippen LogP contribution >= 0.6 is 0 Å². The molecule has 0 bridgehead atoms. The third-order valence-corrected chi connectivity index (χ3v) is 5.57. The van der Waals surface area contributed by atoms with E-state index in [1.54, 1.807) is 48.5 Å². The fourth-order valence-electron chi connectivity index (χ4n) is 3.58. The Morgan fingerprint density at radius 3 is 2.09 bits per heavy atom. The zero-order chi connectivity index (χ0) is 33.2. The number of hydrazine groups is 1. The topological polar surface area (TPSA) is 201 Å². The summed E-state index contributed by atoms with van der Waals surface area (Å²) in [5, 5.41) is 28.1. The molecule has 0 heterocycles. The Hall–Kier alpha value is -5.31. The van der Waals surface area contributed by atoms with Crippen molar-refractivity contribution in [2.75, 3.05) is 16.9 Å². The maximum absolute atomic E-state index is 13.7. The first kappa shape index (κ1) is 34.9. The molecule has 236 valence electrons. The van der Waals surface area contributed by atoms with Gasteiger partial charge in [0.2, 0.25) is 0 Å². The molecule has 15 heteroatoms. The molecule has 0 spiro atoms. The zero-order valence-corrected chi connectivity index (χ0v) is 23.9. The van der Waals surface area contributed by atoms with E-state index in [0.717, 1.165) is 5.01 Å². The summed E-state index contributed by atoms with van der Waals surface area (Å²) in [6.07, 6.45) is -5.17. The zero-order valence-electron chi connectivity index (χ0n) is 23.9. The summed E-state index contributed by atoms with van der Waals surface area (Å²) >= 11 is 0. The molecule has 0 aliphatic carbocycles. The van der Waals surface area contributed by atoms with E-state index >= 15 is 0 Å². The number of nitrogens with one attached hydrogen (secondary N) is 2. The minimum atomic E-state index is -5.08.